The first-order valence-corrected chi connectivity index (χ1v) is 6.50. The van der Waals surface area contributed by atoms with E-state index in [9.17, 15) is 0 Å². The van der Waals surface area contributed by atoms with Crippen LogP contribution < -0.4 is 0 Å². The zero-order valence-corrected chi connectivity index (χ0v) is 11.2. The van der Waals surface area contributed by atoms with Crippen LogP contribution in [0.4, 0.5) is 0 Å². The van der Waals surface area contributed by atoms with Gasteiger partial charge in [0.1, 0.15) is 10.8 Å². The Morgan fingerprint density at radius 1 is 1.62 bits per heavy atom. The van der Waals surface area contributed by atoms with Gasteiger partial charge in [0, 0.05) is 17.5 Å². The quantitative estimate of drug-likeness (QED) is 0.857. The van der Waals surface area contributed by atoms with Crippen LogP contribution in [0, 0.1) is 11.7 Å². The van der Waals surface area contributed by atoms with Crippen LogP contribution in [0.5, 0.6) is 0 Å². The van der Waals surface area contributed by atoms with Crippen LogP contribution in [0.1, 0.15) is 36.4 Å². The summed E-state index contributed by atoms with van der Waals surface area (Å²) in [6.45, 7) is 6.17. The van der Waals surface area contributed by atoms with E-state index in [1.807, 2.05) is 11.5 Å². The Labute approximate surface area is 103 Å². The van der Waals surface area contributed by atoms with Crippen molar-refractivity contribution in [3.8, 4) is 0 Å². The van der Waals surface area contributed by atoms with Crippen molar-refractivity contribution in [1.82, 2.24) is 19.7 Å². The van der Waals surface area contributed by atoms with Crippen LogP contribution >= 0.6 is 23.6 Å². The van der Waals surface area contributed by atoms with Crippen molar-refractivity contribution in [3.63, 3.8) is 0 Å². The van der Waals surface area contributed by atoms with E-state index in [0.29, 0.717) is 4.77 Å². The zero-order valence-electron chi connectivity index (χ0n) is 9.52. The molecule has 0 saturated carbocycles. The van der Waals surface area contributed by atoms with Crippen LogP contribution in [0.3, 0.4) is 0 Å². The smallest absolute Gasteiger partial charge is 0.195 e. The number of rotatable bonds is 3. The first-order chi connectivity index (χ1) is 7.63. The average Bonchev–Trinajstić information content (AvgIpc) is 2.83. The summed E-state index contributed by atoms with van der Waals surface area (Å²) in [5.74, 6) is 0.977. The first kappa shape index (κ1) is 11.5. The van der Waals surface area contributed by atoms with Gasteiger partial charge in [-0.2, -0.15) is 5.10 Å². The molecule has 2 rings (SSSR count). The van der Waals surface area contributed by atoms with Gasteiger partial charge in [0.2, 0.25) is 0 Å². The number of hydrogen-bond donors (Lipinski definition) is 1. The molecular weight excluding hydrogens is 240 g/mol. The number of aryl methyl sites for hydroxylation is 2. The number of aromatic amines is 1. The fourth-order valence-electron chi connectivity index (χ4n) is 1.66. The van der Waals surface area contributed by atoms with E-state index in [2.05, 4.69) is 34.4 Å². The van der Waals surface area contributed by atoms with Gasteiger partial charge in [-0.3, -0.25) is 9.67 Å². The summed E-state index contributed by atoms with van der Waals surface area (Å²) >= 11 is 6.91. The fraction of sp³-hybridized carbons (Fsp3) is 0.500. The Bertz CT molecular complexity index is 537. The second-order valence-corrected chi connectivity index (χ2v) is 4.95. The van der Waals surface area contributed by atoms with Crippen LogP contribution in [0.25, 0.3) is 0 Å². The third-order valence-corrected chi connectivity index (χ3v) is 3.90. The van der Waals surface area contributed by atoms with Gasteiger partial charge in [-0.25, -0.2) is 4.98 Å². The molecule has 0 aromatic carbocycles. The second-order valence-electron chi connectivity index (χ2n) is 3.67. The van der Waals surface area contributed by atoms with Gasteiger partial charge in [-0.1, -0.05) is 6.92 Å². The van der Waals surface area contributed by atoms with Gasteiger partial charge in [-0.15, -0.1) is 11.3 Å². The third-order valence-electron chi connectivity index (χ3n) is 2.48. The topological polar surface area (TPSA) is 46.5 Å². The summed E-state index contributed by atoms with van der Waals surface area (Å²) in [5.41, 5.74) is 1.06. The number of hydrogen-bond acceptors (Lipinski definition) is 4. The molecule has 0 bridgehead atoms. The fourth-order valence-corrected chi connectivity index (χ4v) is 2.81. The molecule has 0 aliphatic carbocycles. The van der Waals surface area contributed by atoms with E-state index in [1.54, 1.807) is 11.3 Å². The van der Waals surface area contributed by atoms with Crippen molar-refractivity contribution in [2.75, 3.05) is 0 Å². The molecule has 0 aliphatic rings. The number of nitrogens with one attached hydrogen (secondary N) is 1. The maximum atomic E-state index is 5.24. The minimum atomic E-state index is 0.153. The van der Waals surface area contributed by atoms with Gasteiger partial charge in [0.25, 0.3) is 0 Å². The predicted octanol–water partition coefficient (Wildman–Crippen LogP) is 2.88. The van der Waals surface area contributed by atoms with E-state index in [4.69, 9.17) is 12.2 Å². The van der Waals surface area contributed by atoms with Gasteiger partial charge >= 0.3 is 0 Å². The van der Waals surface area contributed by atoms with E-state index in [-0.39, 0.29) is 6.04 Å². The summed E-state index contributed by atoms with van der Waals surface area (Å²) in [5, 5.41) is 10.2. The summed E-state index contributed by atoms with van der Waals surface area (Å²) < 4.78 is 2.70. The highest BCUT2D eigenvalue weighted by molar-refractivity contribution is 7.71. The second kappa shape index (κ2) is 4.47. The summed E-state index contributed by atoms with van der Waals surface area (Å²) in [6.07, 6.45) is 0.863. The highest BCUT2D eigenvalue weighted by Gasteiger charge is 2.16. The standard InChI is InChI=1S/C10H14N4S2/c1-4-8-12-13-10(15)14(8)7(3)9-11-6(2)5-16-9/h5,7H,4H2,1-3H3,(H,13,15). The Morgan fingerprint density at radius 3 is 2.94 bits per heavy atom. The minimum Gasteiger partial charge on any atom is -0.294 e. The zero-order chi connectivity index (χ0) is 11.7. The van der Waals surface area contributed by atoms with E-state index in [1.165, 1.54) is 0 Å². The van der Waals surface area contributed by atoms with E-state index < -0.39 is 0 Å². The predicted molar refractivity (Wildman–Crippen MR) is 67.5 cm³/mol. The average molecular weight is 254 g/mol. The molecule has 2 aromatic rings. The van der Waals surface area contributed by atoms with Crippen LogP contribution in [-0.2, 0) is 6.42 Å². The molecule has 1 unspecified atom stereocenters. The molecule has 0 aliphatic heterocycles. The molecule has 1 atom stereocenters. The van der Waals surface area contributed by atoms with Crippen molar-refractivity contribution in [2.24, 2.45) is 0 Å². The van der Waals surface area contributed by atoms with Crippen LogP contribution in [0.15, 0.2) is 5.38 Å². The SMILES string of the molecule is CCc1n[nH]c(=S)n1C(C)c1nc(C)cs1. The number of H-pyrrole nitrogens is 1. The Balaban J connectivity index is 2.44. The largest absolute Gasteiger partial charge is 0.294 e. The normalized spacial score (nSPS) is 12.9. The molecule has 0 saturated heterocycles. The highest BCUT2D eigenvalue weighted by Crippen LogP contribution is 2.23. The maximum Gasteiger partial charge on any atom is 0.195 e. The van der Waals surface area contributed by atoms with E-state index >= 15 is 0 Å². The first-order valence-electron chi connectivity index (χ1n) is 5.21. The molecule has 6 heteroatoms. The van der Waals surface area contributed by atoms with Gasteiger partial charge < -0.3 is 0 Å². The maximum absolute atomic E-state index is 5.24. The summed E-state index contributed by atoms with van der Waals surface area (Å²) in [6, 6.07) is 0.153. The molecule has 1 N–H and O–H groups in total. The van der Waals surface area contributed by atoms with Gasteiger partial charge in [-0.05, 0) is 26.1 Å². The molecule has 0 radical (unpaired) electrons. The molecule has 0 spiro atoms. The van der Waals surface area contributed by atoms with Crippen LogP contribution in [-0.4, -0.2) is 19.7 Å². The van der Waals surface area contributed by atoms with Gasteiger partial charge in [0.15, 0.2) is 4.77 Å². The monoisotopic (exact) mass is 254 g/mol. The van der Waals surface area contributed by atoms with Gasteiger partial charge in [0.05, 0.1) is 6.04 Å². The molecule has 2 heterocycles. The molecule has 86 valence electrons. The Hall–Kier alpha value is -1.01. The summed E-state index contributed by atoms with van der Waals surface area (Å²) in [4.78, 5) is 4.49. The number of nitrogens with zero attached hydrogens (tertiary/aromatic N) is 3. The summed E-state index contributed by atoms with van der Waals surface area (Å²) in [7, 11) is 0. The molecular formula is C10H14N4S2. The molecule has 4 nitrogen and oxygen atoms in total. The highest BCUT2D eigenvalue weighted by atomic mass is 32.1. The molecule has 0 fully saturated rings. The molecule has 2 aromatic heterocycles. The lowest BCUT2D eigenvalue weighted by Crippen LogP contribution is -2.10. The lowest BCUT2D eigenvalue weighted by atomic mass is 10.3. The van der Waals surface area contributed by atoms with E-state index in [0.717, 1.165) is 22.9 Å². The van der Waals surface area contributed by atoms with Crippen molar-refractivity contribution >= 4 is 23.6 Å². The number of thiazole rings is 1. The Morgan fingerprint density at radius 2 is 2.38 bits per heavy atom. The van der Waals surface area contributed by atoms with Crippen molar-refractivity contribution in [2.45, 2.75) is 33.2 Å². The lowest BCUT2D eigenvalue weighted by molar-refractivity contribution is 0.594. The van der Waals surface area contributed by atoms with Crippen molar-refractivity contribution < 1.29 is 0 Å². The lowest BCUT2D eigenvalue weighted by Gasteiger charge is -2.12. The Kier molecular flexibility index (Phi) is 3.20. The third kappa shape index (κ3) is 1.94. The van der Waals surface area contributed by atoms with Crippen LogP contribution in [0.2, 0.25) is 0 Å². The van der Waals surface area contributed by atoms with Crippen molar-refractivity contribution in [3.05, 3.63) is 26.7 Å². The number of aromatic nitrogens is 4. The minimum absolute atomic E-state index is 0.153. The molecule has 0 amide bonds. The van der Waals surface area contributed by atoms with Crippen molar-refractivity contribution in [1.29, 1.82) is 0 Å². The molecule has 16 heavy (non-hydrogen) atoms.